The molecule has 2 N–H and O–H groups in total. The lowest BCUT2D eigenvalue weighted by Crippen LogP contribution is -2.37. The molecule has 1 aliphatic rings. The largest absolute Gasteiger partial charge is 0.480 e. The van der Waals surface area contributed by atoms with Crippen molar-refractivity contribution in [3.05, 3.63) is 30.1 Å². The first-order valence-corrected chi connectivity index (χ1v) is 6.59. The zero-order valence-electron chi connectivity index (χ0n) is 11.0. The van der Waals surface area contributed by atoms with Gasteiger partial charge in [0.1, 0.15) is 11.9 Å². The van der Waals surface area contributed by atoms with Gasteiger partial charge in [0.05, 0.1) is 5.69 Å². The first-order valence-electron chi connectivity index (χ1n) is 6.59. The van der Waals surface area contributed by atoms with Gasteiger partial charge in [0, 0.05) is 13.0 Å². The van der Waals surface area contributed by atoms with Crippen molar-refractivity contribution in [1.82, 2.24) is 4.90 Å². The fraction of sp³-hybridized carbons (Fsp3) is 0.429. The van der Waals surface area contributed by atoms with Gasteiger partial charge in [-0.2, -0.15) is 0 Å². The van der Waals surface area contributed by atoms with Crippen molar-refractivity contribution >= 4 is 17.6 Å². The maximum Gasteiger partial charge on any atom is 0.320 e. The molecule has 0 radical (unpaired) electrons. The van der Waals surface area contributed by atoms with Crippen molar-refractivity contribution in [3.8, 4) is 0 Å². The van der Waals surface area contributed by atoms with Gasteiger partial charge in [-0.1, -0.05) is 12.1 Å². The third-order valence-electron chi connectivity index (χ3n) is 3.42. The number of hydrogen-bond acceptors (Lipinski definition) is 3. The molecule has 108 valence electrons. The number of nitrogens with one attached hydrogen (secondary N) is 1. The van der Waals surface area contributed by atoms with Crippen molar-refractivity contribution in [2.75, 3.05) is 18.4 Å². The molecule has 1 fully saturated rings. The molecule has 0 bridgehead atoms. The Kier molecular flexibility index (Phi) is 4.68. The number of para-hydroxylation sites is 1. The fourth-order valence-corrected chi connectivity index (χ4v) is 2.39. The second-order valence-electron chi connectivity index (χ2n) is 4.81. The number of amides is 1. The summed E-state index contributed by atoms with van der Waals surface area (Å²) in [6.07, 6.45) is 1.59. The highest BCUT2D eigenvalue weighted by atomic mass is 19.1. The molecule has 1 heterocycles. The summed E-state index contributed by atoms with van der Waals surface area (Å²) in [5, 5.41) is 11.5. The van der Waals surface area contributed by atoms with E-state index in [1.54, 1.807) is 17.0 Å². The lowest BCUT2D eigenvalue weighted by Gasteiger charge is -2.20. The smallest absolute Gasteiger partial charge is 0.320 e. The Morgan fingerprint density at radius 2 is 2.15 bits per heavy atom. The van der Waals surface area contributed by atoms with Crippen LogP contribution in [0.25, 0.3) is 0 Å². The van der Waals surface area contributed by atoms with Crippen molar-refractivity contribution in [2.45, 2.75) is 25.3 Å². The van der Waals surface area contributed by atoms with Crippen LogP contribution in [-0.4, -0.2) is 41.0 Å². The number of aliphatic carboxylic acids is 1. The average Bonchev–Trinajstić information content (AvgIpc) is 2.88. The highest BCUT2D eigenvalue weighted by Crippen LogP contribution is 2.18. The molecule has 1 aromatic carbocycles. The molecule has 1 amide bonds. The highest BCUT2D eigenvalue weighted by Gasteiger charge is 2.30. The van der Waals surface area contributed by atoms with Crippen molar-refractivity contribution in [1.29, 1.82) is 0 Å². The van der Waals surface area contributed by atoms with E-state index in [9.17, 15) is 14.0 Å². The van der Waals surface area contributed by atoms with Gasteiger partial charge in [0.25, 0.3) is 0 Å². The minimum Gasteiger partial charge on any atom is -0.480 e. The van der Waals surface area contributed by atoms with Gasteiger partial charge in [-0.15, -0.1) is 0 Å². The molecule has 0 spiro atoms. The Morgan fingerprint density at radius 3 is 2.85 bits per heavy atom. The van der Waals surface area contributed by atoms with E-state index in [4.69, 9.17) is 5.11 Å². The van der Waals surface area contributed by atoms with Crippen molar-refractivity contribution in [2.24, 2.45) is 0 Å². The molecule has 0 saturated carbocycles. The van der Waals surface area contributed by atoms with Crippen LogP contribution in [0.5, 0.6) is 0 Å². The number of anilines is 1. The van der Waals surface area contributed by atoms with Crippen molar-refractivity contribution < 1.29 is 19.1 Å². The lowest BCUT2D eigenvalue weighted by molar-refractivity contribution is -0.142. The van der Waals surface area contributed by atoms with Crippen LogP contribution < -0.4 is 5.32 Å². The first-order chi connectivity index (χ1) is 9.58. The molecule has 0 unspecified atom stereocenters. The molecule has 1 atom stereocenters. The second-order valence-corrected chi connectivity index (χ2v) is 4.81. The fourth-order valence-electron chi connectivity index (χ4n) is 2.39. The minimum atomic E-state index is -0.850. The zero-order valence-corrected chi connectivity index (χ0v) is 11.0. The van der Waals surface area contributed by atoms with Crippen LogP contribution in [0, 0.1) is 5.82 Å². The van der Waals surface area contributed by atoms with E-state index in [2.05, 4.69) is 5.32 Å². The second kappa shape index (κ2) is 6.47. The van der Waals surface area contributed by atoms with Crippen LogP contribution >= 0.6 is 0 Å². The topological polar surface area (TPSA) is 69.6 Å². The van der Waals surface area contributed by atoms with Crippen LogP contribution in [0.15, 0.2) is 24.3 Å². The van der Waals surface area contributed by atoms with Crippen LogP contribution in [0.2, 0.25) is 0 Å². The van der Waals surface area contributed by atoms with Crippen molar-refractivity contribution in [3.63, 3.8) is 0 Å². The van der Waals surface area contributed by atoms with E-state index >= 15 is 0 Å². The molecule has 5 nitrogen and oxygen atoms in total. The van der Waals surface area contributed by atoms with Gasteiger partial charge in [0.15, 0.2) is 0 Å². The number of likely N-dealkylation sites (tertiary alicyclic amines) is 1. The molecule has 0 aliphatic carbocycles. The predicted molar refractivity (Wildman–Crippen MR) is 71.9 cm³/mol. The average molecular weight is 280 g/mol. The Labute approximate surface area is 116 Å². The van der Waals surface area contributed by atoms with Crippen LogP contribution in [0.1, 0.15) is 19.3 Å². The van der Waals surface area contributed by atoms with Gasteiger partial charge in [0.2, 0.25) is 5.91 Å². The highest BCUT2D eigenvalue weighted by molar-refractivity contribution is 5.90. The standard InChI is InChI=1S/C14H17FN2O3/c15-10-4-1-2-5-11(10)16-13(18)7-9-17-8-3-6-12(17)14(19)20/h1-2,4-5,12H,3,6-9H2,(H,16,18)(H,19,20)/t12-/m0/s1. The number of hydrogen-bond donors (Lipinski definition) is 2. The molecular weight excluding hydrogens is 263 g/mol. The van der Waals surface area contributed by atoms with E-state index in [-0.39, 0.29) is 18.0 Å². The summed E-state index contributed by atoms with van der Waals surface area (Å²) in [5.74, 6) is -1.64. The van der Waals surface area contributed by atoms with Crippen LogP contribution in [-0.2, 0) is 9.59 Å². The monoisotopic (exact) mass is 280 g/mol. The van der Waals surface area contributed by atoms with Crippen LogP contribution in [0.4, 0.5) is 10.1 Å². The number of carboxylic acids is 1. The summed E-state index contributed by atoms with van der Waals surface area (Å²) < 4.78 is 13.4. The number of carbonyl (C=O) groups is 2. The summed E-state index contributed by atoms with van der Waals surface area (Å²) in [6, 6.07) is 5.45. The molecular formula is C14H17FN2O3. The first kappa shape index (κ1) is 14.5. The number of nitrogens with zero attached hydrogens (tertiary/aromatic N) is 1. The Hall–Kier alpha value is -1.95. The molecule has 2 rings (SSSR count). The van der Waals surface area contributed by atoms with Gasteiger partial charge in [-0.25, -0.2) is 4.39 Å². The SMILES string of the molecule is O=C(CCN1CCC[C@H]1C(=O)O)Nc1ccccc1F. The zero-order chi connectivity index (χ0) is 14.5. The third-order valence-corrected chi connectivity index (χ3v) is 3.42. The maximum atomic E-state index is 13.4. The normalized spacial score (nSPS) is 18.9. The minimum absolute atomic E-state index is 0.147. The van der Waals surface area contributed by atoms with E-state index in [1.807, 2.05) is 0 Å². The number of halogens is 1. The van der Waals surface area contributed by atoms with Gasteiger partial charge >= 0.3 is 5.97 Å². The van der Waals surface area contributed by atoms with Gasteiger partial charge in [-0.3, -0.25) is 14.5 Å². The Bertz CT molecular complexity index is 507. The van der Waals surface area contributed by atoms with E-state index < -0.39 is 17.8 Å². The third kappa shape index (κ3) is 3.54. The molecule has 1 aromatic rings. The quantitative estimate of drug-likeness (QED) is 0.861. The molecule has 20 heavy (non-hydrogen) atoms. The summed E-state index contributed by atoms with van der Waals surface area (Å²) in [5.41, 5.74) is 0.147. The van der Waals surface area contributed by atoms with Crippen LogP contribution in [0.3, 0.4) is 0 Å². The number of benzene rings is 1. The Morgan fingerprint density at radius 1 is 1.40 bits per heavy atom. The summed E-state index contributed by atoms with van der Waals surface area (Å²) in [4.78, 5) is 24.5. The lowest BCUT2D eigenvalue weighted by atomic mass is 10.2. The number of carbonyl (C=O) groups excluding carboxylic acids is 1. The van der Waals surface area contributed by atoms with Gasteiger partial charge < -0.3 is 10.4 Å². The van der Waals surface area contributed by atoms with Gasteiger partial charge in [-0.05, 0) is 31.5 Å². The summed E-state index contributed by atoms with van der Waals surface area (Å²) in [7, 11) is 0. The molecule has 6 heteroatoms. The predicted octanol–water partition coefficient (Wildman–Crippen LogP) is 1.70. The van der Waals surface area contributed by atoms with E-state index in [0.717, 1.165) is 6.42 Å². The van der Waals surface area contributed by atoms with E-state index in [0.29, 0.717) is 19.5 Å². The Balaban J connectivity index is 1.84. The molecule has 1 saturated heterocycles. The molecule has 0 aromatic heterocycles. The maximum absolute atomic E-state index is 13.4. The summed E-state index contributed by atoms with van der Waals surface area (Å²) >= 11 is 0. The molecule has 1 aliphatic heterocycles. The number of carboxylic acid groups (broad SMARTS) is 1. The number of rotatable bonds is 5. The summed E-state index contributed by atoms with van der Waals surface area (Å²) in [6.45, 7) is 1.06. The van der Waals surface area contributed by atoms with E-state index in [1.165, 1.54) is 12.1 Å².